The smallest absolute Gasteiger partial charge is 0.339 e. The number of aryl methyl sites for hydroxylation is 1. The Kier molecular flexibility index (Phi) is 7.25. The highest BCUT2D eigenvalue weighted by Gasteiger charge is 2.09. The fourth-order valence-electron chi connectivity index (χ4n) is 1.63. The minimum Gasteiger partial charge on any atom is -0.465 e. The van der Waals surface area contributed by atoms with Gasteiger partial charge in [0.25, 0.3) is 0 Å². The first-order valence-corrected chi connectivity index (χ1v) is 6.63. The van der Waals surface area contributed by atoms with Crippen molar-refractivity contribution in [3.63, 3.8) is 0 Å². The summed E-state index contributed by atoms with van der Waals surface area (Å²) in [5, 5.41) is 0. The van der Waals surface area contributed by atoms with Gasteiger partial charge in [-0.2, -0.15) is 0 Å². The molecule has 0 bridgehead atoms. The summed E-state index contributed by atoms with van der Waals surface area (Å²) in [4.78, 5) is 29.5. The number of esters is 2. The Morgan fingerprint density at radius 2 is 1.68 bits per heavy atom. The maximum Gasteiger partial charge on any atom is 0.339 e. The van der Waals surface area contributed by atoms with Crippen LogP contribution in [0.4, 0.5) is 0 Å². The van der Waals surface area contributed by atoms with Crippen molar-refractivity contribution in [1.29, 1.82) is 0 Å². The fourth-order valence-corrected chi connectivity index (χ4v) is 1.63. The molecular formula is C16H18N2O4. The van der Waals surface area contributed by atoms with Gasteiger partial charge >= 0.3 is 11.9 Å². The Hall–Kier alpha value is -2.76. The summed E-state index contributed by atoms with van der Waals surface area (Å²) in [6.45, 7) is 1.99. The van der Waals surface area contributed by atoms with Crippen molar-refractivity contribution in [2.45, 2.75) is 13.3 Å². The summed E-state index contributed by atoms with van der Waals surface area (Å²) in [5.41, 5.74) is 2.00. The van der Waals surface area contributed by atoms with Gasteiger partial charge in [0.15, 0.2) is 0 Å². The van der Waals surface area contributed by atoms with E-state index in [4.69, 9.17) is 0 Å². The third kappa shape index (κ3) is 4.97. The number of ether oxygens (including phenoxy) is 2. The molecular weight excluding hydrogens is 284 g/mol. The lowest BCUT2D eigenvalue weighted by Crippen LogP contribution is -2.05. The Morgan fingerprint density at radius 3 is 2.23 bits per heavy atom. The monoisotopic (exact) mass is 302 g/mol. The number of rotatable bonds is 3. The molecule has 0 aliphatic carbocycles. The van der Waals surface area contributed by atoms with Crippen LogP contribution in [-0.4, -0.2) is 36.1 Å². The minimum atomic E-state index is -0.354. The minimum absolute atomic E-state index is 0.319. The molecule has 6 nitrogen and oxygen atoms in total. The van der Waals surface area contributed by atoms with E-state index in [2.05, 4.69) is 19.4 Å². The van der Waals surface area contributed by atoms with E-state index in [1.807, 2.05) is 13.0 Å². The van der Waals surface area contributed by atoms with E-state index < -0.39 is 0 Å². The number of carbonyl (C=O) groups is 2. The molecule has 6 heteroatoms. The van der Waals surface area contributed by atoms with Crippen LogP contribution in [0.5, 0.6) is 0 Å². The number of methoxy groups -OCH3 is 2. The Morgan fingerprint density at radius 1 is 1.00 bits per heavy atom. The van der Waals surface area contributed by atoms with Crippen LogP contribution in [0.3, 0.4) is 0 Å². The first-order chi connectivity index (χ1) is 10.6. The zero-order valence-corrected chi connectivity index (χ0v) is 12.8. The average molecular weight is 302 g/mol. The Balaban J connectivity index is 0.000000224. The number of carbonyl (C=O) groups excluding carboxylic acids is 2. The van der Waals surface area contributed by atoms with Gasteiger partial charge in [-0.15, -0.1) is 0 Å². The van der Waals surface area contributed by atoms with Crippen molar-refractivity contribution < 1.29 is 19.1 Å². The van der Waals surface area contributed by atoms with Gasteiger partial charge in [-0.25, -0.2) is 9.59 Å². The lowest BCUT2D eigenvalue weighted by Gasteiger charge is -2.03. The number of nitrogens with zero attached hydrogens (tertiary/aromatic N) is 2. The largest absolute Gasteiger partial charge is 0.465 e. The maximum absolute atomic E-state index is 11.1. The van der Waals surface area contributed by atoms with Gasteiger partial charge in [-0.05, 0) is 30.2 Å². The second kappa shape index (κ2) is 9.23. The van der Waals surface area contributed by atoms with Crippen LogP contribution in [-0.2, 0) is 15.9 Å². The van der Waals surface area contributed by atoms with E-state index in [1.54, 1.807) is 24.5 Å². The molecule has 22 heavy (non-hydrogen) atoms. The van der Waals surface area contributed by atoms with Crippen molar-refractivity contribution in [3.05, 3.63) is 59.7 Å². The molecule has 0 spiro atoms. The zero-order chi connectivity index (χ0) is 16.4. The van der Waals surface area contributed by atoms with Gasteiger partial charge in [0.2, 0.25) is 0 Å². The second-order valence-electron chi connectivity index (χ2n) is 4.11. The van der Waals surface area contributed by atoms with Gasteiger partial charge in [0.1, 0.15) is 0 Å². The lowest BCUT2D eigenvalue weighted by atomic mass is 10.1. The number of hydrogen-bond acceptors (Lipinski definition) is 6. The summed E-state index contributed by atoms with van der Waals surface area (Å²) in [6.07, 6.45) is 7.08. The van der Waals surface area contributed by atoms with Crippen LogP contribution in [0, 0.1) is 0 Å². The first-order valence-electron chi connectivity index (χ1n) is 6.63. The molecule has 0 radical (unpaired) electrons. The van der Waals surface area contributed by atoms with Crippen molar-refractivity contribution >= 4 is 11.9 Å². The van der Waals surface area contributed by atoms with Crippen molar-refractivity contribution in [2.24, 2.45) is 0 Å². The van der Waals surface area contributed by atoms with Gasteiger partial charge in [-0.1, -0.05) is 6.92 Å². The summed E-state index contributed by atoms with van der Waals surface area (Å²) in [7, 11) is 2.71. The molecule has 0 aromatic carbocycles. The van der Waals surface area contributed by atoms with Crippen molar-refractivity contribution in [1.82, 2.24) is 9.97 Å². The predicted molar refractivity (Wildman–Crippen MR) is 80.5 cm³/mol. The molecule has 0 fully saturated rings. The molecule has 0 amide bonds. The van der Waals surface area contributed by atoms with Crippen LogP contribution in [0.15, 0.2) is 43.0 Å². The van der Waals surface area contributed by atoms with Gasteiger partial charge < -0.3 is 9.47 Å². The van der Waals surface area contributed by atoms with E-state index in [-0.39, 0.29) is 11.9 Å². The first kappa shape index (κ1) is 17.3. The Labute approximate surface area is 129 Å². The number of hydrogen-bond donors (Lipinski definition) is 0. The molecule has 0 aliphatic rings. The Bertz CT molecular complexity index is 615. The number of aromatic nitrogens is 2. The standard InChI is InChI=1S/C9H11NO2.C7H7NO2/c1-3-7-4-5-10-6-8(7)9(11)12-2;1-10-7(9)6-3-2-4-8-5-6/h4-6H,3H2,1-2H3;2-5H,1H3. The fraction of sp³-hybridized carbons (Fsp3) is 0.250. The van der Waals surface area contributed by atoms with E-state index in [0.717, 1.165) is 12.0 Å². The van der Waals surface area contributed by atoms with Gasteiger partial charge in [0, 0.05) is 24.8 Å². The highest BCUT2D eigenvalue weighted by molar-refractivity contribution is 5.90. The van der Waals surface area contributed by atoms with E-state index >= 15 is 0 Å². The van der Waals surface area contributed by atoms with Crippen LogP contribution < -0.4 is 0 Å². The SMILES string of the molecule is CCc1ccncc1C(=O)OC.COC(=O)c1cccnc1. The van der Waals surface area contributed by atoms with Crippen LogP contribution in [0.25, 0.3) is 0 Å². The molecule has 0 N–H and O–H groups in total. The molecule has 116 valence electrons. The topological polar surface area (TPSA) is 78.4 Å². The van der Waals surface area contributed by atoms with E-state index in [1.165, 1.54) is 26.6 Å². The van der Waals surface area contributed by atoms with Gasteiger partial charge in [0.05, 0.1) is 25.3 Å². The summed E-state index contributed by atoms with van der Waals surface area (Å²) >= 11 is 0. The number of pyridine rings is 2. The average Bonchev–Trinajstić information content (AvgIpc) is 2.61. The molecule has 0 saturated carbocycles. The molecule has 0 aliphatic heterocycles. The normalized spacial score (nSPS) is 9.23. The molecule has 0 unspecified atom stereocenters. The molecule has 2 rings (SSSR count). The van der Waals surface area contributed by atoms with Crippen LogP contribution >= 0.6 is 0 Å². The van der Waals surface area contributed by atoms with E-state index in [0.29, 0.717) is 11.1 Å². The zero-order valence-electron chi connectivity index (χ0n) is 12.8. The van der Waals surface area contributed by atoms with Gasteiger partial charge in [-0.3, -0.25) is 9.97 Å². The molecule has 2 aromatic rings. The summed E-state index contributed by atoms with van der Waals surface area (Å²) in [6, 6.07) is 5.16. The highest BCUT2D eigenvalue weighted by atomic mass is 16.5. The summed E-state index contributed by atoms with van der Waals surface area (Å²) in [5.74, 6) is -0.673. The third-order valence-corrected chi connectivity index (χ3v) is 2.78. The summed E-state index contributed by atoms with van der Waals surface area (Å²) < 4.78 is 9.06. The molecule has 2 aromatic heterocycles. The van der Waals surface area contributed by atoms with E-state index in [9.17, 15) is 9.59 Å². The highest BCUT2D eigenvalue weighted by Crippen LogP contribution is 2.08. The van der Waals surface area contributed by atoms with Crippen LogP contribution in [0.2, 0.25) is 0 Å². The molecule has 0 saturated heterocycles. The van der Waals surface area contributed by atoms with Crippen molar-refractivity contribution in [2.75, 3.05) is 14.2 Å². The second-order valence-corrected chi connectivity index (χ2v) is 4.11. The predicted octanol–water partition coefficient (Wildman–Crippen LogP) is 2.30. The molecule has 2 heterocycles. The lowest BCUT2D eigenvalue weighted by molar-refractivity contribution is 0.0590. The van der Waals surface area contributed by atoms with Crippen LogP contribution in [0.1, 0.15) is 33.2 Å². The maximum atomic E-state index is 11.1. The molecule has 0 atom stereocenters. The van der Waals surface area contributed by atoms with Crippen molar-refractivity contribution in [3.8, 4) is 0 Å². The third-order valence-electron chi connectivity index (χ3n) is 2.78. The quantitative estimate of drug-likeness (QED) is 0.809.